The van der Waals surface area contributed by atoms with Crippen molar-refractivity contribution in [3.63, 3.8) is 0 Å². The normalized spacial score (nSPS) is 10.6. The Bertz CT molecular complexity index is 628. The molecular formula is C9H8BrN3O2S. The lowest BCUT2D eigenvalue weighted by molar-refractivity contribution is 0.741. The maximum absolute atomic E-state index is 11.5. The van der Waals surface area contributed by atoms with E-state index in [9.17, 15) is 9.59 Å². The third-order valence-electron chi connectivity index (χ3n) is 2.00. The van der Waals surface area contributed by atoms with Gasteiger partial charge in [-0.05, 0) is 22.0 Å². The molecule has 0 unspecified atom stereocenters. The maximum Gasteiger partial charge on any atom is 0.330 e. The smallest absolute Gasteiger partial charge is 0.330 e. The van der Waals surface area contributed by atoms with Gasteiger partial charge in [-0.3, -0.25) is 14.3 Å². The van der Waals surface area contributed by atoms with E-state index < -0.39 is 11.2 Å². The minimum absolute atomic E-state index is 0.165. The summed E-state index contributed by atoms with van der Waals surface area (Å²) in [6.45, 7) is 0.359. The predicted octanol–water partition coefficient (Wildman–Crippen LogP) is 0.991. The second-order valence-electron chi connectivity index (χ2n) is 3.18. The standard InChI is InChI=1S/C9H8BrN3O2S/c10-5-1-6(16-4-5)3-13-7(11)2-8(14)12-9(13)15/h1-2,4H,3,11H2,(H,12,14,15). The molecule has 0 saturated heterocycles. The first-order valence-corrected chi connectivity index (χ1v) is 6.06. The minimum atomic E-state index is -0.491. The number of H-pyrrole nitrogens is 1. The lowest BCUT2D eigenvalue weighted by Gasteiger charge is -2.05. The lowest BCUT2D eigenvalue weighted by Crippen LogP contribution is -2.31. The fourth-order valence-electron chi connectivity index (χ4n) is 1.29. The van der Waals surface area contributed by atoms with Crippen LogP contribution in [-0.2, 0) is 6.54 Å². The maximum atomic E-state index is 11.5. The van der Waals surface area contributed by atoms with Gasteiger partial charge in [-0.15, -0.1) is 11.3 Å². The molecule has 5 nitrogen and oxygen atoms in total. The van der Waals surface area contributed by atoms with Gasteiger partial charge in [-0.2, -0.15) is 0 Å². The van der Waals surface area contributed by atoms with Gasteiger partial charge in [0.05, 0.1) is 6.54 Å². The minimum Gasteiger partial charge on any atom is -0.385 e. The molecule has 16 heavy (non-hydrogen) atoms. The van der Waals surface area contributed by atoms with E-state index in [0.29, 0.717) is 6.54 Å². The van der Waals surface area contributed by atoms with Crippen LogP contribution < -0.4 is 17.0 Å². The van der Waals surface area contributed by atoms with Gasteiger partial charge in [0.2, 0.25) is 0 Å². The quantitative estimate of drug-likeness (QED) is 0.868. The molecular weight excluding hydrogens is 294 g/mol. The van der Waals surface area contributed by atoms with Crippen molar-refractivity contribution >= 4 is 33.1 Å². The highest BCUT2D eigenvalue weighted by atomic mass is 79.9. The van der Waals surface area contributed by atoms with Crippen LogP contribution in [0.5, 0.6) is 0 Å². The number of aromatic amines is 1. The third-order valence-corrected chi connectivity index (χ3v) is 3.68. The molecule has 0 bridgehead atoms. The Morgan fingerprint density at radius 2 is 2.19 bits per heavy atom. The van der Waals surface area contributed by atoms with Crippen molar-refractivity contribution in [3.05, 3.63) is 47.7 Å². The zero-order valence-electron chi connectivity index (χ0n) is 8.07. The van der Waals surface area contributed by atoms with E-state index in [4.69, 9.17) is 5.73 Å². The van der Waals surface area contributed by atoms with Gasteiger partial charge in [-0.1, -0.05) is 0 Å². The molecule has 0 aromatic carbocycles. The fraction of sp³-hybridized carbons (Fsp3) is 0.111. The molecule has 2 aromatic rings. The first kappa shape index (κ1) is 11.2. The summed E-state index contributed by atoms with van der Waals surface area (Å²) in [5.74, 6) is 0.165. The average Bonchev–Trinajstić information content (AvgIpc) is 2.58. The number of nitrogen functional groups attached to an aromatic ring is 1. The van der Waals surface area contributed by atoms with Crippen molar-refractivity contribution in [1.82, 2.24) is 9.55 Å². The van der Waals surface area contributed by atoms with E-state index >= 15 is 0 Å². The summed E-state index contributed by atoms with van der Waals surface area (Å²) in [4.78, 5) is 25.6. The van der Waals surface area contributed by atoms with E-state index in [0.717, 1.165) is 9.35 Å². The number of rotatable bonds is 2. The second kappa shape index (κ2) is 4.26. The highest BCUT2D eigenvalue weighted by molar-refractivity contribution is 9.10. The summed E-state index contributed by atoms with van der Waals surface area (Å²) < 4.78 is 2.28. The lowest BCUT2D eigenvalue weighted by atomic mass is 10.4. The van der Waals surface area contributed by atoms with Crippen LogP contribution >= 0.6 is 27.3 Å². The topological polar surface area (TPSA) is 80.9 Å². The van der Waals surface area contributed by atoms with Crippen molar-refractivity contribution in [2.75, 3.05) is 5.73 Å². The van der Waals surface area contributed by atoms with Crippen molar-refractivity contribution in [2.24, 2.45) is 0 Å². The molecule has 0 aliphatic rings. The van der Waals surface area contributed by atoms with Crippen LogP contribution in [0.25, 0.3) is 0 Å². The van der Waals surface area contributed by atoms with Gasteiger partial charge in [0.15, 0.2) is 0 Å². The van der Waals surface area contributed by atoms with Gasteiger partial charge >= 0.3 is 5.69 Å². The van der Waals surface area contributed by atoms with E-state index in [1.54, 1.807) is 0 Å². The summed E-state index contributed by atoms with van der Waals surface area (Å²) >= 11 is 4.84. The van der Waals surface area contributed by atoms with Crippen LogP contribution in [0.3, 0.4) is 0 Å². The van der Waals surface area contributed by atoms with Crippen LogP contribution in [0.4, 0.5) is 5.82 Å². The monoisotopic (exact) mass is 301 g/mol. The van der Waals surface area contributed by atoms with E-state index in [1.807, 2.05) is 11.4 Å². The zero-order valence-corrected chi connectivity index (χ0v) is 10.5. The molecule has 0 aliphatic carbocycles. The highest BCUT2D eigenvalue weighted by Crippen LogP contribution is 2.20. The van der Waals surface area contributed by atoms with E-state index in [-0.39, 0.29) is 5.82 Å². The Morgan fingerprint density at radius 3 is 2.75 bits per heavy atom. The highest BCUT2D eigenvalue weighted by Gasteiger charge is 2.05. The van der Waals surface area contributed by atoms with Crippen molar-refractivity contribution in [1.29, 1.82) is 0 Å². The number of hydrogen-bond acceptors (Lipinski definition) is 4. The number of thiophene rings is 1. The predicted molar refractivity (Wildman–Crippen MR) is 66.9 cm³/mol. The molecule has 0 aliphatic heterocycles. The molecule has 0 atom stereocenters. The van der Waals surface area contributed by atoms with Gasteiger partial charge in [0, 0.05) is 20.8 Å². The molecule has 2 heterocycles. The first-order valence-electron chi connectivity index (χ1n) is 4.39. The molecule has 0 fully saturated rings. The molecule has 7 heteroatoms. The Balaban J connectivity index is 2.42. The average molecular weight is 302 g/mol. The molecule has 2 aromatic heterocycles. The molecule has 0 saturated carbocycles. The number of halogens is 1. The second-order valence-corrected chi connectivity index (χ2v) is 5.09. The van der Waals surface area contributed by atoms with Crippen LogP contribution in [0.1, 0.15) is 4.88 Å². The summed E-state index contributed by atoms with van der Waals surface area (Å²) in [7, 11) is 0. The number of aromatic nitrogens is 2. The van der Waals surface area contributed by atoms with Gasteiger partial charge < -0.3 is 5.73 Å². The van der Waals surface area contributed by atoms with Gasteiger partial charge in [0.25, 0.3) is 5.56 Å². The number of nitrogens with two attached hydrogens (primary N) is 1. The molecule has 0 spiro atoms. The van der Waals surface area contributed by atoms with E-state index in [1.165, 1.54) is 22.0 Å². The van der Waals surface area contributed by atoms with Crippen molar-refractivity contribution in [3.8, 4) is 0 Å². The van der Waals surface area contributed by atoms with Crippen molar-refractivity contribution in [2.45, 2.75) is 6.54 Å². The third kappa shape index (κ3) is 2.25. The molecule has 84 valence electrons. The Kier molecular flexibility index (Phi) is 2.97. The molecule has 2 rings (SSSR count). The Morgan fingerprint density at radius 1 is 1.44 bits per heavy atom. The zero-order chi connectivity index (χ0) is 11.7. The van der Waals surface area contributed by atoms with Gasteiger partial charge in [-0.25, -0.2) is 4.79 Å². The summed E-state index contributed by atoms with van der Waals surface area (Å²) in [5, 5.41) is 1.92. The van der Waals surface area contributed by atoms with Crippen LogP contribution in [0.2, 0.25) is 0 Å². The fourth-order valence-corrected chi connectivity index (χ4v) is 2.73. The Hall–Kier alpha value is -1.34. The molecule has 3 N–H and O–H groups in total. The SMILES string of the molecule is Nc1cc(=O)[nH]c(=O)n1Cc1cc(Br)cs1. The summed E-state index contributed by atoms with van der Waals surface area (Å²) in [6, 6.07) is 3.10. The van der Waals surface area contributed by atoms with Crippen molar-refractivity contribution < 1.29 is 0 Å². The summed E-state index contributed by atoms with van der Waals surface area (Å²) in [5.41, 5.74) is 4.64. The number of anilines is 1. The Labute approximate surface area is 103 Å². The largest absolute Gasteiger partial charge is 0.385 e. The van der Waals surface area contributed by atoms with Gasteiger partial charge in [0.1, 0.15) is 5.82 Å². The molecule has 0 amide bonds. The van der Waals surface area contributed by atoms with Crippen LogP contribution in [0, 0.1) is 0 Å². The van der Waals surface area contributed by atoms with Crippen LogP contribution in [-0.4, -0.2) is 9.55 Å². The summed E-state index contributed by atoms with van der Waals surface area (Å²) in [6.07, 6.45) is 0. The van der Waals surface area contributed by atoms with E-state index in [2.05, 4.69) is 20.9 Å². The number of nitrogens with zero attached hydrogens (tertiary/aromatic N) is 1. The molecule has 0 radical (unpaired) electrons. The number of nitrogens with one attached hydrogen (secondary N) is 1. The first-order chi connectivity index (χ1) is 7.56. The van der Waals surface area contributed by atoms with Crippen LogP contribution in [0.15, 0.2) is 31.6 Å². The number of hydrogen-bond donors (Lipinski definition) is 2.